The van der Waals surface area contributed by atoms with Crippen molar-refractivity contribution in [3.63, 3.8) is 0 Å². The van der Waals surface area contributed by atoms with Gasteiger partial charge in [-0.2, -0.15) is 4.31 Å². The van der Waals surface area contributed by atoms with Gasteiger partial charge in [0.1, 0.15) is 16.4 Å². The lowest BCUT2D eigenvalue weighted by molar-refractivity contribution is 0.0945. The van der Waals surface area contributed by atoms with Crippen LogP contribution in [0.3, 0.4) is 0 Å². The fourth-order valence-electron chi connectivity index (χ4n) is 4.02. The van der Waals surface area contributed by atoms with Crippen molar-refractivity contribution in [2.75, 3.05) is 24.4 Å². The summed E-state index contributed by atoms with van der Waals surface area (Å²) < 4.78 is 55.7. The summed E-state index contributed by atoms with van der Waals surface area (Å²) in [4.78, 5) is 18.5. The molecule has 1 saturated heterocycles. The Kier molecular flexibility index (Phi) is 10.0. The van der Waals surface area contributed by atoms with Crippen LogP contribution in [0.15, 0.2) is 74.2 Å². The summed E-state index contributed by atoms with van der Waals surface area (Å²) >= 11 is 13.2. The zero-order valence-corrected chi connectivity index (χ0v) is 25.5. The van der Waals surface area contributed by atoms with Crippen molar-refractivity contribution in [3.8, 4) is 0 Å². The third kappa shape index (κ3) is 7.29. The van der Waals surface area contributed by atoms with Crippen molar-refractivity contribution < 1.29 is 21.6 Å². The molecule has 3 aromatic rings. The van der Waals surface area contributed by atoms with E-state index in [9.17, 15) is 21.6 Å². The van der Waals surface area contributed by atoms with Crippen molar-refractivity contribution in [1.29, 1.82) is 0 Å². The van der Waals surface area contributed by atoms with Crippen LogP contribution in [0.1, 0.15) is 43.1 Å². The van der Waals surface area contributed by atoms with Crippen LogP contribution in [-0.2, 0) is 20.0 Å². The number of hydrogen-bond donors (Lipinski definition) is 2. The van der Waals surface area contributed by atoms with Crippen LogP contribution in [0, 0.1) is 0 Å². The second-order valence-corrected chi connectivity index (χ2v) is 14.6. The van der Waals surface area contributed by atoms with Crippen molar-refractivity contribution >= 4 is 66.7 Å². The summed E-state index contributed by atoms with van der Waals surface area (Å²) in [6, 6.07) is 13.5. The van der Waals surface area contributed by atoms with Gasteiger partial charge in [-0.15, -0.1) is 0 Å². The molecule has 40 heavy (non-hydrogen) atoms. The predicted octanol–water partition coefficient (Wildman–Crippen LogP) is 5.65. The topological polar surface area (TPSA) is 126 Å². The number of pyridine rings is 1. The molecule has 0 aliphatic carbocycles. The van der Waals surface area contributed by atoms with Crippen molar-refractivity contribution in [2.45, 2.75) is 52.2 Å². The zero-order valence-electron chi connectivity index (χ0n) is 21.6. The molecular formula is C26H28Cl2N4O5S3. The lowest BCUT2D eigenvalue weighted by Gasteiger charge is -2.25. The summed E-state index contributed by atoms with van der Waals surface area (Å²) in [7, 11) is -7.69. The van der Waals surface area contributed by atoms with E-state index in [-0.39, 0.29) is 31.3 Å². The van der Waals surface area contributed by atoms with E-state index < -0.39 is 26.0 Å². The molecule has 0 unspecified atom stereocenters. The summed E-state index contributed by atoms with van der Waals surface area (Å²) in [6.45, 7) is 3.34. The van der Waals surface area contributed by atoms with Gasteiger partial charge in [0.2, 0.25) is 10.0 Å². The van der Waals surface area contributed by atoms with Crippen LogP contribution < -0.4 is 10.0 Å². The number of rotatable bonds is 10. The number of aromatic nitrogens is 1. The maximum atomic E-state index is 13.0. The van der Waals surface area contributed by atoms with Crippen LogP contribution in [0.5, 0.6) is 0 Å². The molecule has 1 amide bonds. The Labute approximate surface area is 248 Å². The van der Waals surface area contributed by atoms with E-state index in [0.29, 0.717) is 35.8 Å². The highest BCUT2D eigenvalue weighted by Gasteiger charge is 2.26. The van der Waals surface area contributed by atoms with E-state index in [1.54, 1.807) is 30.3 Å². The number of nitrogens with one attached hydrogen (secondary N) is 2. The Morgan fingerprint density at radius 3 is 2.33 bits per heavy atom. The number of amides is 1. The molecule has 1 aliphatic heterocycles. The van der Waals surface area contributed by atoms with Crippen molar-refractivity contribution in [2.24, 2.45) is 0 Å². The predicted molar refractivity (Wildman–Crippen MR) is 157 cm³/mol. The quantitative estimate of drug-likeness (QED) is 0.292. The van der Waals surface area contributed by atoms with Crippen LogP contribution >= 0.6 is 35.0 Å². The molecule has 14 heteroatoms. The van der Waals surface area contributed by atoms with E-state index >= 15 is 0 Å². The van der Waals surface area contributed by atoms with Crippen LogP contribution in [0.25, 0.3) is 0 Å². The van der Waals surface area contributed by atoms with E-state index in [1.807, 2.05) is 6.92 Å². The molecule has 0 saturated carbocycles. The fraction of sp³-hybridized carbons (Fsp3) is 0.308. The van der Waals surface area contributed by atoms with Crippen LogP contribution in [-0.4, -0.2) is 51.7 Å². The number of carbonyl (C=O) groups excluding carboxylic acids is 1. The number of piperidine rings is 1. The Morgan fingerprint density at radius 2 is 1.68 bits per heavy atom. The molecular weight excluding hydrogens is 615 g/mol. The number of anilines is 1. The maximum Gasteiger partial charge on any atom is 0.271 e. The molecule has 0 atom stereocenters. The first-order valence-electron chi connectivity index (χ1n) is 12.6. The molecule has 2 heterocycles. The average molecular weight is 644 g/mol. The van der Waals surface area contributed by atoms with Gasteiger partial charge in [-0.3, -0.25) is 9.52 Å². The van der Waals surface area contributed by atoms with Gasteiger partial charge in [0.25, 0.3) is 15.9 Å². The van der Waals surface area contributed by atoms with Gasteiger partial charge in [0, 0.05) is 34.4 Å². The second-order valence-electron chi connectivity index (χ2n) is 9.02. The van der Waals surface area contributed by atoms with E-state index in [1.165, 1.54) is 40.3 Å². The normalized spacial score (nSPS) is 14.6. The number of benzene rings is 2. The SMILES string of the molecule is CCCNC(=O)c1nc(NS(=O)(=O)c2ccc(Cl)cc2Cl)ccc1Sc1ccc(S(=O)(=O)N2CCCCC2)cc1. The molecule has 0 spiro atoms. The average Bonchev–Trinajstić information content (AvgIpc) is 2.93. The summed E-state index contributed by atoms with van der Waals surface area (Å²) in [5.41, 5.74) is 0.0193. The first-order chi connectivity index (χ1) is 19.0. The monoisotopic (exact) mass is 642 g/mol. The molecule has 9 nitrogen and oxygen atoms in total. The Bertz CT molecular complexity index is 1600. The van der Waals surface area contributed by atoms with Gasteiger partial charge in [-0.25, -0.2) is 21.8 Å². The number of nitrogens with zero attached hydrogens (tertiary/aromatic N) is 2. The molecule has 1 aliphatic rings. The summed E-state index contributed by atoms with van der Waals surface area (Å²) in [6.07, 6.45) is 3.42. The molecule has 0 bridgehead atoms. The van der Waals surface area contributed by atoms with Crippen LogP contribution in [0.2, 0.25) is 10.0 Å². The number of hydrogen-bond acceptors (Lipinski definition) is 7. The van der Waals surface area contributed by atoms with E-state index in [0.717, 1.165) is 19.3 Å². The minimum absolute atomic E-state index is 0.0193. The maximum absolute atomic E-state index is 13.0. The van der Waals surface area contributed by atoms with Crippen LogP contribution in [0.4, 0.5) is 5.82 Å². The lowest BCUT2D eigenvalue weighted by Crippen LogP contribution is -2.35. The third-order valence-electron chi connectivity index (χ3n) is 6.04. The third-order valence-corrected chi connectivity index (χ3v) is 11.1. The minimum atomic E-state index is -4.12. The molecule has 1 fully saturated rings. The first-order valence-corrected chi connectivity index (χ1v) is 17.1. The molecule has 0 radical (unpaired) electrons. The summed E-state index contributed by atoms with van der Waals surface area (Å²) in [5.74, 6) is -0.542. The molecule has 214 valence electrons. The van der Waals surface area contributed by atoms with Gasteiger partial charge >= 0.3 is 0 Å². The highest BCUT2D eigenvalue weighted by Crippen LogP contribution is 2.33. The smallest absolute Gasteiger partial charge is 0.271 e. The number of sulfonamides is 2. The first kappa shape index (κ1) is 30.6. The van der Waals surface area contributed by atoms with Crippen molar-refractivity contribution in [1.82, 2.24) is 14.6 Å². The second kappa shape index (κ2) is 13.1. The van der Waals surface area contributed by atoms with Gasteiger partial charge in [0.15, 0.2) is 0 Å². The Morgan fingerprint density at radius 1 is 0.975 bits per heavy atom. The van der Waals surface area contributed by atoms with Crippen molar-refractivity contribution in [3.05, 3.63) is 70.3 Å². The highest BCUT2D eigenvalue weighted by molar-refractivity contribution is 7.99. The van der Waals surface area contributed by atoms with Gasteiger partial charge < -0.3 is 5.32 Å². The lowest BCUT2D eigenvalue weighted by atomic mass is 10.2. The molecule has 1 aromatic heterocycles. The van der Waals surface area contributed by atoms with E-state index in [4.69, 9.17) is 23.2 Å². The molecule has 2 N–H and O–H groups in total. The Hall–Kier alpha value is -2.35. The van der Waals surface area contributed by atoms with Gasteiger partial charge in [0.05, 0.1) is 9.92 Å². The summed E-state index contributed by atoms with van der Waals surface area (Å²) in [5, 5.41) is 3.00. The zero-order chi connectivity index (χ0) is 28.9. The minimum Gasteiger partial charge on any atom is -0.351 e. The van der Waals surface area contributed by atoms with Gasteiger partial charge in [-0.1, -0.05) is 48.3 Å². The number of carbonyl (C=O) groups is 1. The molecule has 2 aromatic carbocycles. The standard InChI is InChI=1S/C26H28Cl2N4O5S3/c1-2-14-29-26(33)25-22(11-13-24(30-25)31-39(34,35)23-12-6-18(27)17-21(23)28)38-19-7-9-20(10-8-19)40(36,37)32-15-4-3-5-16-32/h6-13,17H,2-5,14-16H2,1H3,(H,29,33)(H,30,31). The number of halogens is 2. The molecule has 4 rings (SSSR count). The largest absolute Gasteiger partial charge is 0.351 e. The fourth-order valence-corrected chi connectivity index (χ4v) is 8.21. The highest BCUT2D eigenvalue weighted by atomic mass is 35.5. The van der Waals surface area contributed by atoms with Gasteiger partial charge in [-0.05, 0) is 73.9 Å². The Balaban J connectivity index is 1.59. The van der Waals surface area contributed by atoms with E-state index in [2.05, 4.69) is 15.0 Å².